The zero-order valence-corrected chi connectivity index (χ0v) is 22.7. The van der Waals surface area contributed by atoms with Crippen molar-refractivity contribution in [1.82, 2.24) is 15.1 Å². The van der Waals surface area contributed by atoms with E-state index in [1.807, 2.05) is 43.3 Å². The van der Waals surface area contributed by atoms with Crippen molar-refractivity contribution in [2.24, 2.45) is 11.3 Å². The number of alkyl halides is 1. The number of likely N-dealkylation sites (tertiary alicyclic amines) is 1. The van der Waals surface area contributed by atoms with Crippen LogP contribution >= 0.6 is 23.2 Å². The third-order valence-electron chi connectivity index (χ3n) is 6.93. The zero-order valence-electron chi connectivity index (χ0n) is 21.2. The average molecular weight is 544 g/mol. The summed E-state index contributed by atoms with van der Waals surface area (Å²) in [6, 6.07) is 12.0. The number of aromatic nitrogens is 2. The molecule has 2 aliphatic rings. The van der Waals surface area contributed by atoms with E-state index in [9.17, 15) is 4.79 Å². The number of carbonyl (C=O) groups excluding carboxylic acids is 1. The summed E-state index contributed by atoms with van der Waals surface area (Å²) < 4.78 is 17.8. The van der Waals surface area contributed by atoms with Crippen molar-refractivity contribution in [2.45, 2.75) is 26.9 Å². The van der Waals surface area contributed by atoms with Crippen molar-refractivity contribution in [2.75, 3.05) is 38.7 Å². The standard InChI is InChI=1S/C28H31Cl2N3O4/c1-4-35-27(34)28(14-29)15-33(16-28)12-18-9-19-5-7-21(11-24(19)36-13-18)37-25(17(2)3)20-6-8-23-22(10-20)26(30)32-31-23/h5-11,17,25H,4,12-16H2,1-3H3,(H,31,32). The molecule has 0 radical (unpaired) electrons. The Labute approximate surface area is 226 Å². The molecule has 196 valence electrons. The number of nitrogens with zero attached hydrogens (tertiary/aromatic N) is 2. The number of hydrogen-bond donors (Lipinski definition) is 1. The monoisotopic (exact) mass is 543 g/mol. The van der Waals surface area contributed by atoms with E-state index >= 15 is 0 Å². The minimum atomic E-state index is -0.599. The Morgan fingerprint density at radius 3 is 2.78 bits per heavy atom. The van der Waals surface area contributed by atoms with Gasteiger partial charge in [0.25, 0.3) is 0 Å². The van der Waals surface area contributed by atoms with Crippen molar-refractivity contribution >= 4 is 46.2 Å². The molecule has 1 aromatic heterocycles. The van der Waals surface area contributed by atoms with Crippen LogP contribution in [0.3, 0.4) is 0 Å². The van der Waals surface area contributed by atoms with Crippen molar-refractivity contribution in [3.63, 3.8) is 0 Å². The van der Waals surface area contributed by atoms with E-state index in [1.165, 1.54) is 0 Å². The number of fused-ring (bicyclic) bond motifs is 2. The Kier molecular flexibility index (Phi) is 7.39. The van der Waals surface area contributed by atoms with Crippen LogP contribution in [-0.4, -0.2) is 59.8 Å². The van der Waals surface area contributed by atoms with E-state index < -0.39 is 5.41 Å². The fourth-order valence-corrected chi connectivity index (χ4v) is 5.50. The summed E-state index contributed by atoms with van der Waals surface area (Å²) in [6.45, 7) is 8.85. The Morgan fingerprint density at radius 1 is 1.24 bits per heavy atom. The molecule has 0 spiro atoms. The van der Waals surface area contributed by atoms with Crippen LogP contribution in [0.25, 0.3) is 17.0 Å². The van der Waals surface area contributed by atoms with Gasteiger partial charge in [0.15, 0.2) is 0 Å². The lowest BCUT2D eigenvalue weighted by Crippen LogP contribution is -2.62. The van der Waals surface area contributed by atoms with E-state index in [4.69, 9.17) is 37.4 Å². The molecule has 1 N–H and O–H groups in total. The van der Waals surface area contributed by atoms with Crippen LogP contribution in [0.1, 0.15) is 38.0 Å². The molecule has 0 bridgehead atoms. The van der Waals surface area contributed by atoms with E-state index in [0.29, 0.717) is 31.5 Å². The molecule has 1 atom stereocenters. The highest BCUT2D eigenvalue weighted by molar-refractivity contribution is 6.34. The Hall–Kier alpha value is -2.74. The van der Waals surface area contributed by atoms with Gasteiger partial charge in [0.1, 0.15) is 34.8 Å². The van der Waals surface area contributed by atoms with Crippen LogP contribution in [-0.2, 0) is 9.53 Å². The number of H-pyrrole nitrogens is 1. The molecule has 0 saturated carbocycles. The summed E-state index contributed by atoms with van der Waals surface area (Å²) in [5, 5.41) is 8.43. The molecule has 3 heterocycles. The first-order valence-corrected chi connectivity index (χ1v) is 13.4. The van der Waals surface area contributed by atoms with E-state index in [-0.39, 0.29) is 23.9 Å². The van der Waals surface area contributed by atoms with Crippen LogP contribution < -0.4 is 9.47 Å². The third kappa shape index (κ3) is 5.17. The van der Waals surface area contributed by atoms with Gasteiger partial charge < -0.3 is 14.2 Å². The van der Waals surface area contributed by atoms with Crippen LogP contribution in [0.2, 0.25) is 5.15 Å². The first kappa shape index (κ1) is 25.9. The van der Waals surface area contributed by atoms with Gasteiger partial charge in [-0.2, -0.15) is 5.10 Å². The summed E-state index contributed by atoms with van der Waals surface area (Å²) in [6.07, 6.45) is 2.00. The zero-order chi connectivity index (χ0) is 26.2. The average Bonchev–Trinajstić information content (AvgIpc) is 3.24. The van der Waals surface area contributed by atoms with Crippen molar-refractivity contribution < 1.29 is 19.0 Å². The van der Waals surface area contributed by atoms with Crippen LogP contribution in [0.5, 0.6) is 11.5 Å². The van der Waals surface area contributed by atoms with Gasteiger partial charge in [0, 0.05) is 42.5 Å². The first-order valence-electron chi connectivity index (χ1n) is 12.5. The minimum Gasteiger partial charge on any atom is -0.488 e. The maximum Gasteiger partial charge on any atom is 0.315 e. The fourth-order valence-electron chi connectivity index (χ4n) is 5.03. The highest BCUT2D eigenvalue weighted by Crippen LogP contribution is 2.37. The van der Waals surface area contributed by atoms with Crippen molar-refractivity contribution in [1.29, 1.82) is 0 Å². The largest absolute Gasteiger partial charge is 0.488 e. The SMILES string of the molecule is CCOC(=O)C1(CCl)CN(CC2=Cc3ccc(OC(c4ccc5n[nH]c(Cl)c5c4)C(C)C)cc3OC2)C1. The van der Waals surface area contributed by atoms with Crippen molar-refractivity contribution in [3.8, 4) is 11.5 Å². The van der Waals surface area contributed by atoms with E-state index in [0.717, 1.165) is 45.6 Å². The molecule has 1 unspecified atom stereocenters. The van der Waals surface area contributed by atoms with E-state index in [2.05, 4.69) is 35.0 Å². The maximum absolute atomic E-state index is 12.3. The van der Waals surface area contributed by atoms with Crippen molar-refractivity contribution in [3.05, 3.63) is 58.3 Å². The number of esters is 1. The second kappa shape index (κ2) is 10.6. The third-order valence-corrected chi connectivity index (χ3v) is 7.73. The molecule has 5 rings (SSSR count). The minimum absolute atomic E-state index is 0.156. The number of hydrogen-bond acceptors (Lipinski definition) is 6. The predicted molar refractivity (Wildman–Crippen MR) is 145 cm³/mol. The van der Waals surface area contributed by atoms with Gasteiger partial charge in [-0.1, -0.05) is 31.5 Å². The molecule has 1 fully saturated rings. The molecule has 1 saturated heterocycles. The number of halogens is 2. The molecular formula is C28H31Cl2N3O4. The molecule has 9 heteroatoms. The number of aromatic amines is 1. The van der Waals surface area contributed by atoms with Gasteiger partial charge in [-0.05, 0) is 54.3 Å². The van der Waals surface area contributed by atoms with Gasteiger partial charge in [-0.25, -0.2) is 0 Å². The van der Waals surface area contributed by atoms with Crippen LogP contribution in [0, 0.1) is 11.3 Å². The summed E-state index contributed by atoms with van der Waals surface area (Å²) in [5.41, 5.74) is 3.43. The molecule has 0 amide bonds. The summed E-state index contributed by atoms with van der Waals surface area (Å²) in [7, 11) is 0. The lowest BCUT2D eigenvalue weighted by Gasteiger charge is -2.47. The summed E-state index contributed by atoms with van der Waals surface area (Å²) in [4.78, 5) is 14.5. The lowest BCUT2D eigenvalue weighted by atomic mass is 9.81. The lowest BCUT2D eigenvalue weighted by molar-refractivity contribution is -0.164. The second-order valence-electron chi connectivity index (χ2n) is 10.2. The van der Waals surface area contributed by atoms with Gasteiger partial charge in [-0.3, -0.25) is 14.8 Å². The Balaban J connectivity index is 1.26. The quantitative estimate of drug-likeness (QED) is 0.268. The molecular weight excluding hydrogens is 513 g/mol. The fraction of sp³-hybridized carbons (Fsp3) is 0.429. The highest BCUT2D eigenvalue weighted by atomic mass is 35.5. The number of ether oxygens (including phenoxy) is 3. The number of nitrogens with one attached hydrogen (secondary N) is 1. The molecule has 37 heavy (non-hydrogen) atoms. The number of carbonyl (C=O) groups is 1. The molecule has 0 aliphatic carbocycles. The second-order valence-corrected chi connectivity index (χ2v) is 10.8. The number of benzene rings is 2. The Bertz CT molecular complexity index is 1330. The normalized spacial score (nSPS) is 17.5. The van der Waals surface area contributed by atoms with Gasteiger partial charge in [-0.15, -0.1) is 11.6 Å². The van der Waals surface area contributed by atoms with Crippen LogP contribution in [0.4, 0.5) is 0 Å². The number of rotatable bonds is 9. The molecule has 7 nitrogen and oxygen atoms in total. The van der Waals surface area contributed by atoms with Crippen LogP contribution in [0.15, 0.2) is 42.0 Å². The highest BCUT2D eigenvalue weighted by Gasteiger charge is 2.49. The van der Waals surface area contributed by atoms with Gasteiger partial charge in [0.05, 0.1) is 12.1 Å². The molecule has 2 aromatic carbocycles. The molecule has 3 aromatic rings. The predicted octanol–water partition coefficient (Wildman–Crippen LogP) is 5.87. The Morgan fingerprint density at radius 2 is 2.05 bits per heavy atom. The van der Waals surface area contributed by atoms with E-state index in [1.54, 1.807) is 0 Å². The summed E-state index contributed by atoms with van der Waals surface area (Å²) in [5.74, 6) is 1.83. The van der Waals surface area contributed by atoms with Gasteiger partial charge in [0.2, 0.25) is 0 Å². The van der Waals surface area contributed by atoms with Gasteiger partial charge >= 0.3 is 5.97 Å². The summed E-state index contributed by atoms with van der Waals surface area (Å²) >= 11 is 12.4. The first-order chi connectivity index (χ1) is 17.8. The molecule has 2 aliphatic heterocycles. The topological polar surface area (TPSA) is 76.7 Å². The smallest absolute Gasteiger partial charge is 0.315 e. The maximum atomic E-state index is 12.3.